The fraction of sp³-hybridized carbons (Fsp3) is 0.700. The molecule has 0 heterocycles. The highest BCUT2D eigenvalue weighted by molar-refractivity contribution is 7.89. The molecule has 0 aliphatic rings. The van der Waals surface area contributed by atoms with Crippen LogP contribution in [0.5, 0.6) is 5.75 Å². The largest absolute Gasteiger partial charge is 0.497 e. The summed E-state index contributed by atoms with van der Waals surface area (Å²) in [5.74, 6) is 0.569. The average Bonchev–Trinajstić information content (AvgIpc) is 2.72. The van der Waals surface area contributed by atoms with E-state index < -0.39 is 23.2 Å². The van der Waals surface area contributed by atoms with E-state index in [0.717, 1.165) is 25.7 Å². The molecular formula is C20H36NO7PS. The summed E-state index contributed by atoms with van der Waals surface area (Å²) in [6.45, 7) is 8.10. The molecule has 0 fully saturated rings. The van der Waals surface area contributed by atoms with Gasteiger partial charge in [0.05, 0.1) is 30.8 Å². The first-order valence-electron chi connectivity index (χ1n) is 10.2. The van der Waals surface area contributed by atoms with E-state index in [2.05, 4.69) is 4.72 Å². The topological polar surface area (TPSA) is 100 Å². The Balaban J connectivity index is 2.68. The molecule has 174 valence electrons. The van der Waals surface area contributed by atoms with Gasteiger partial charge in [-0.1, -0.05) is 26.7 Å². The zero-order chi connectivity index (χ0) is 22.7. The molecule has 0 radical (unpaired) electrons. The molecule has 0 atom stereocenters. The van der Waals surface area contributed by atoms with E-state index in [4.69, 9.17) is 18.5 Å². The second kappa shape index (κ2) is 12.8. The SMILES string of the molecule is CCCCOP(=O)(COC(C)(C)CNS(=O)(=O)c1ccc(OC)cc1)OCCCC. The lowest BCUT2D eigenvalue weighted by atomic mass is 10.1. The first-order chi connectivity index (χ1) is 14.1. The third-order valence-corrected chi connectivity index (χ3v) is 7.26. The lowest BCUT2D eigenvalue weighted by Gasteiger charge is -2.28. The Kier molecular flexibility index (Phi) is 11.5. The number of hydrogen-bond donors (Lipinski definition) is 1. The monoisotopic (exact) mass is 465 g/mol. The van der Waals surface area contributed by atoms with Crippen LogP contribution < -0.4 is 9.46 Å². The van der Waals surface area contributed by atoms with Crippen molar-refractivity contribution in [2.75, 3.05) is 33.2 Å². The average molecular weight is 466 g/mol. The summed E-state index contributed by atoms with van der Waals surface area (Å²) >= 11 is 0. The Morgan fingerprint density at radius 1 is 1.00 bits per heavy atom. The summed E-state index contributed by atoms with van der Waals surface area (Å²) in [6, 6.07) is 6.08. The van der Waals surface area contributed by atoms with Gasteiger partial charge in [-0.25, -0.2) is 13.1 Å². The van der Waals surface area contributed by atoms with Crippen LogP contribution in [0.2, 0.25) is 0 Å². The van der Waals surface area contributed by atoms with E-state index in [9.17, 15) is 13.0 Å². The highest BCUT2D eigenvalue weighted by Gasteiger charge is 2.30. The van der Waals surface area contributed by atoms with Crippen molar-refractivity contribution in [3.05, 3.63) is 24.3 Å². The third-order valence-electron chi connectivity index (χ3n) is 4.24. The van der Waals surface area contributed by atoms with Gasteiger partial charge >= 0.3 is 7.60 Å². The van der Waals surface area contributed by atoms with E-state index in [1.807, 2.05) is 13.8 Å². The number of nitrogens with one attached hydrogen (secondary N) is 1. The van der Waals surface area contributed by atoms with E-state index in [1.54, 1.807) is 26.0 Å². The van der Waals surface area contributed by atoms with Crippen LogP contribution in [0.1, 0.15) is 53.4 Å². The molecule has 0 aliphatic carbocycles. The van der Waals surface area contributed by atoms with E-state index in [-0.39, 0.29) is 17.8 Å². The Labute approximate surface area is 181 Å². The molecule has 30 heavy (non-hydrogen) atoms. The zero-order valence-corrected chi connectivity index (χ0v) is 20.4. The lowest BCUT2D eigenvalue weighted by Crippen LogP contribution is -2.40. The van der Waals surface area contributed by atoms with E-state index in [1.165, 1.54) is 19.2 Å². The summed E-state index contributed by atoms with van der Waals surface area (Å²) in [5, 5.41) is 0. The molecule has 0 unspecified atom stereocenters. The van der Waals surface area contributed by atoms with Crippen LogP contribution in [0.25, 0.3) is 0 Å². The minimum absolute atomic E-state index is 0.00865. The minimum atomic E-state index is -3.72. The van der Waals surface area contributed by atoms with Gasteiger partial charge in [0.15, 0.2) is 0 Å². The standard InChI is InChI=1S/C20H36NO7PS/c1-6-8-14-27-29(22,28-15-9-7-2)17-26-20(3,4)16-21-30(23,24)19-12-10-18(25-5)11-13-19/h10-13,21H,6-9,14-17H2,1-5H3. The van der Waals surface area contributed by atoms with Crippen molar-refractivity contribution in [2.24, 2.45) is 0 Å². The Morgan fingerprint density at radius 2 is 1.53 bits per heavy atom. The molecule has 1 rings (SSSR count). The zero-order valence-electron chi connectivity index (χ0n) is 18.7. The highest BCUT2D eigenvalue weighted by atomic mass is 32.2. The summed E-state index contributed by atoms with van der Waals surface area (Å²) in [6.07, 6.45) is 3.12. The molecule has 0 aliphatic heterocycles. The Morgan fingerprint density at radius 3 is 2.00 bits per heavy atom. The van der Waals surface area contributed by atoms with Crippen LogP contribution in [-0.4, -0.2) is 47.2 Å². The van der Waals surface area contributed by atoms with Crippen LogP contribution >= 0.6 is 7.60 Å². The molecule has 0 aromatic heterocycles. The van der Waals surface area contributed by atoms with Crippen molar-refractivity contribution in [2.45, 2.75) is 63.9 Å². The van der Waals surface area contributed by atoms with Crippen LogP contribution in [0, 0.1) is 0 Å². The Hall–Kier alpha value is -0.960. The maximum absolute atomic E-state index is 13.0. The van der Waals surface area contributed by atoms with Crippen molar-refractivity contribution in [1.82, 2.24) is 4.72 Å². The molecule has 8 nitrogen and oxygen atoms in total. The molecule has 0 saturated carbocycles. The van der Waals surface area contributed by atoms with Crippen LogP contribution in [0.3, 0.4) is 0 Å². The number of rotatable bonds is 16. The van der Waals surface area contributed by atoms with Crippen molar-refractivity contribution in [3.63, 3.8) is 0 Å². The fourth-order valence-corrected chi connectivity index (χ4v) is 4.96. The van der Waals surface area contributed by atoms with Crippen molar-refractivity contribution >= 4 is 17.6 Å². The molecular weight excluding hydrogens is 429 g/mol. The van der Waals surface area contributed by atoms with Gasteiger partial charge in [-0.2, -0.15) is 0 Å². The smallest absolute Gasteiger partial charge is 0.356 e. The third kappa shape index (κ3) is 9.90. The number of benzene rings is 1. The molecule has 0 bridgehead atoms. The van der Waals surface area contributed by atoms with Crippen molar-refractivity contribution < 1.29 is 31.5 Å². The minimum Gasteiger partial charge on any atom is -0.497 e. The van der Waals surface area contributed by atoms with Gasteiger partial charge in [0.25, 0.3) is 0 Å². The Bertz CT molecular complexity index is 752. The van der Waals surface area contributed by atoms with Gasteiger partial charge in [0, 0.05) is 6.54 Å². The molecule has 0 amide bonds. The first kappa shape index (κ1) is 27.1. The lowest BCUT2D eigenvalue weighted by molar-refractivity contribution is 0.00142. The summed E-state index contributed by atoms with van der Waals surface area (Å²) in [4.78, 5) is 0.121. The summed E-state index contributed by atoms with van der Waals surface area (Å²) in [7, 11) is -5.63. The molecule has 1 N–H and O–H groups in total. The van der Waals surface area contributed by atoms with E-state index >= 15 is 0 Å². The second-order valence-corrected chi connectivity index (χ2v) is 11.3. The predicted octanol–water partition coefficient (Wildman–Crippen LogP) is 4.55. The highest BCUT2D eigenvalue weighted by Crippen LogP contribution is 2.49. The molecule has 0 saturated heterocycles. The van der Waals surface area contributed by atoms with Gasteiger partial charge < -0.3 is 18.5 Å². The van der Waals surface area contributed by atoms with Crippen LogP contribution in [-0.2, 0) is 28.4 Å². The summed E-state index contributed by atoms with van der Waals surface area (Å²) in [5.41, 5.74) is -0.919. The maximum Gasteiger partial charge on any atom is 0.356 e. The van der Waals surface area contributed by atoms with Gasteiger partial charge in [-0.15, -0.1) is 0 Å². The van der Waals surface area contributed by atoms with Gasteiger partial charge in [0.2, 0.25) is 10.0 Å². The van der Waals surface area contributed by atoms with Crippen LogP contribution in [0.4, 0.5) is 0 Å². The van der Waals surface area contributed by atoms with Gasteiger partial charge in [-0.3, -0.25) is 4.57 Å². The van der Waals surface area contributed by atoms with Crippen molar-refractivity contribution in [3.8, 4) is 5.75 Å². The quantitative estimate of drug-likeness (QED) is 0.282. The molecule has 0 spiro atoms. The van der Waals surface area contributed by atoms with Crippen LogP contribution in [0.15, 0.2) is 29.2 Å². The number of methoxy groups -OCH3 is 1. The first-order valence-corrected chi connectivity index (χ1v) is 13.4. The van der Waals surface area contributed by atoms with Gasteiger partial charge in [-0.05, 0) is 51.0 Å². The number of sulfonamides is 1. The number of unbranched alkanes of at least 4 members (excludes halogenated alkanes) is 2. The van der Waals surface area contributed by atoms with E-state index in [0.29, 0.717) is 19.0 Å². The maximum atomic E-state index is 13.0. The molecule has 1 aromatic carbocycles. The molecule has 10 heteroatoms. The number of hydrogen-bond acceptors (Lipinski definition) is 7. The summed E-state index contributed by atoms with van der Waals surface area (Å²) < 4.78 is 62.4. The number of ether oxygens (including phenoxy) is 2. The predicted molar refractivity (Wildman–Crippen MR) is 118 cm³/mol. The van der Waals surface area contributed by atoms with Gasteiger partial charge in [0.1, 0.15) is 12.1 Å². The normalized spacial score (nSPS) is 12.8. The van der Waals surface area contributed by atoms with Crippen molar-refractivity contribution in [1.29, 1.82) is 0 Å². The fourth-order valence-electron chi connectivity index (χ4n) is 2.22. The second-order valence-electron chi connectivity index (χ2n) is 7.52. The molecule has 1 aromatic rings.